The number of primary amides is 1. The third-order valence-corrected chi connectivity index (χ3v) is 5.65. The van der Waals surface area contributed by atoms with Crippen LogP contribution in [0.3, 0.4) is 0 Å². The summed E-state index contributed by atoms with van der Waals surface area (Å²) < 4.78 is 33.0. The quantitative estimate of drug-likeness (QED) is 0.496. The third kappa shape index (κ3) is 5.61. The van der Waals surface area contributed by atoms with Gasteiger partial charge >= 0.3 is 0 Å². The molecule has 0 atom stereocenters. The summed E-state index contributed by atoms with van der Waals surface area (Å²) in [5.74, 6) is -0.419. The number of carbonyl (C=O) groups excluding carboxylic acids is 2. The summed E-state index contributed by atoms with van der Waals surface area (Å²) in [6, 6.07) is 18.2. The average Bonchev–Trinajstić information content (AvgIpc) is 2.75. The Bertz CT molecular complexity index is 1190. The largest absolute Gasteiger partial charge is 0.494 e. The third-order valence-electron chi connectivity index (χ3n) is 4.25. The molecule has 8 nitrogen and oxygen atoms in total. The second kappa shape index (κ2) is 9.31. The van der Waals surface area contributed by atoms with Gasteiger partial charge in [-0.1, -0.05) is 6.07 Å². The Morgan fingerprint density at radius 3 is 2.19 bits per heavy atom. The lowest BCUT2D eigenvalue weighted by molar-refractivity contribution is 0.0996. The number of sulfonamides is 1. The molecule has 0 aromatic heterocycles. The molecule has 0 bridgehead atoms. The van der Waals surface area contributed by atoms with Crippen molar-refractivity contribution in [2.45, 2.75) is 11.8 Å². The summed E-state index contributed by atoms with van der Waals surface area (Å²) in [6.45, 7) is 2.38. The van der Waals surface area contributed by atoms with Gasteiger partial charge < -0.3 is 15.8 Å². The van der Waals surface area contributed by atoms with Gasteiger partial charge in [-0.2, -0.15) is 0 Å². The minimum atomic E-state index is -3.83. The maximum Gasteiger partial charge on any atom is 0.261 e. The first-order valence-electron chi connectivity index (χ1n) is 9.35. The van der Waals surface area contributed by atoms with Crippen molar-refractivity contribution in [1.82, 2.24) is 0 Å². The summed E-state index contributed by atoms with van der Waals surface area (Å²) in [6.07, 6.45) is 0. The van der Waals surface area contributed by atoms with Gasteiger partial charge in [0.05, 0.1) is 11.5 Å². The molecule has 0 unspecified atom stereocenters. The first-order chi connectivity index (χ1) is 14.8. The van der Waals surface area contributed by atoms with Crippen LogP contribution in [0.15, 0.2) is 77.7 Å². The molecular weight excluding hydrogens is 418 g/mol. The topological polar surface area (TPSA) is 128 Å². The number of hydrogen-bond acceptors (Lipinski definition) is 5. The summed E-state index contributed by atoms with van der Waals surface area (Å²) >= 11 is 0. The highest BCUT2D eigenvalue weighted by Crippen LogP contribution is 2.20. The van der Waals surface area contributed by atoms with E-state index >= 15 is 0 Å². The first-order valence-corrected chi connectivity index (χ1v) is 10.8. The van der Waals surface area contributed by atoms with Gasteiger partial charge in [-0.3, -0.25) is 14.3 Å². The normalized spacial score (nSPS) is 10.9. The van der Waals surface area contributed by atoms with Crippen molar-refractivity contribution < 1.29 is 22.7 Å². The number of amides is 2. The predicted octanol–water partition coefficient (Wildman–Crippen LogP) is 3.24. The molecule has 0 saturated carbocycles. The zero-order valence-electron chi connectivity index (χ0n) is 16.7. The fourth-order valence-electron chi connectivity index (χ4n) is 2.74. The van der Waals surface area contributed by atoms with Crippen LogP contribution < -0.4 is 20.5 Å². The molecule has 160 valence electrons. The molecule has 2 amide bonds. The van der Waals surface area contributed by atoms with Crippen LogP contribution in [0.1, 0.15) is 27.6 Å². The molecule has 3 aromatic rings. The van der Waals surface area contributed by atoms with Crippen molar-refractivity contribution in [2.24, 2.45) is 5.73 Å². The molecule has 0 saturated heterocycles. The van der Waals surface area contributed by atoms with E-state index in [9.17, 15) is 18.0 Å². The van der Waals surface area contributed by atoms with E-state index in [1.807, 2.05) is 6.92 Å². The first kappa shape index (κ1) is 21.8. The monoisotopic (exact) mass is 439 g/mol. The molecule has 3 aromatic carbocycles. The molecule has 0 heterocycles. The maximum absolute atomic E-state index is 12.6. The van der Waals surface area contributed by atoms with Gasteiger partial charge in [0.1, 0.15) is 5.75 Å². The van der Waals surface area contributed by atoms with Gasteiger partial charge in [-0.15, -0.1) is 0 Å². The van der Waals surface area contributed by atoms with Crippen LogP contribution in [0.2, 0.25) is 0 Å². The fraction of sp³-hybridized carbons (Fsp3) is 0.0909. The minimum absolute atomic E-state index is 0.00802. The van der Waals surface area contributed by atoms with Crippen molar-refractivity contribution in [1.29, 1.82) is 0 Å². The predicted molar refractivity (Wildman–Crippen MR) is 118 cm³/mol. The second-order valence-corrected chi connectivity index (χ2v) is 8.17. The summed E-state index contributed by atoms with van der Waals surface area (Å²) in [4.78, 5) is 23.7. The van der Waals surface area contributed by atoms with E-state index in [-0.39, 0.29) is 16.0 Å². The SMILES string of the molecule is CCOc1ccc(NS(=O)(=O)c2ccc(C(=O)Nc3cccc(C(N)=O)c3)cc2)cc1. The number of ether oxygens (including phenoxy) is 1. The highest BCUT2D eigenvalue weighted by atomic mass is 32.2. The molecule has 0 spiro atoms. The zero-order chi connectivity index (χ0) is 22.4. The number of benzene rings is 3. The van der Waals surface area contributed by atoms with E-state index in [0.717, 1.165) is 0 Å². The Hall–Kier alpha value is -3.85. The van der Waals surface area contributed by atoms with Gasteiger partial charge in [-0.25, -0.2) is 8.42 Å². The Morgan fingerprint density at radius 2 is 1.58 bits per heavy atom. The van der Waals surface area contributed by atoms with Gasteiger partial charge in [0, 0.05) is 22.5 Å². The number of anilines is 2. The molecule has 0 radical (unpaired) electrons. The van der Waals surface area contributed by atoms with Crippen molar-refractivity contribution >= 4 is 33.2 Å². The zero-order valence-corrected chi connectivity index (χ0v) is 17.5. The van der Waals surface area contributed by atoms with E-state index in [2.05, 4.69) is 10.0 Å². The molecule has 0 aliphatic rings. The second-order valence-electron chi connectivity index (χ2n) is 6.49. The van der Waals surface area contributed by atoms with Crippen LogP contribution in [0.25, 0.3) is 0 Å². The average molecular weight is 439 g/mol. The molecular formula is C22H21N3O5S. The Morgan fingerprint density at radius 1 is 0.903 bits per heavy atom. The van der Waals surface area contributed by atoms with Crippen molar-refractivity contribution in [3.63, 3.8) is 0 Å². The number of nitrogens with one attached hydrogen (secondary N) is 2. The highest BCUT2D eigenvalue weighted by Gasteiger charge is 2.16. The van der Waals surface area contributed by atoms with Gasteiger partial charge in [-0.05, 0) is 73.7 Å². The molecule has 0 aliphatic carbocycles. The Balaban J connectivity index is 1.70. The van der Waals surface area contributed by atoms with Crippen LogP contribution in [0, 0.1) is 0 Å². The summed E-state index contributed by atoms with van der Waals surface area (Å²) in [5, 5.41) is 2.64. The molecule has 9 heteroatoms. The van der Waals surface area contributed by atoms with Crippen LogP contribution in [0.4, 0.5) is 11.4 Å². The lowest BCUT2D eigenvalue weighted by Gasteiger charge is -2.10. The van der Waals surface area contributed by atoms with E-state index in [1.165, 1.54) is 36.4 Å². The van der Waals surface area contributed by atoms with Gasteiger partial charge in [0.25, 0.3) is 15.9 Å². The van der Waals surface area contributed by atoms with Crippen molar-refractivity contribution in [2.75, 3.05) is 16.6 Å². The standard InChI is InChI=1S/C22H21N3O5S/c1-2-30-19-10-8-17(9-11-19)25-31(28,29)20-12-6-15(7-13-20)22(27)24-18-5-3-4-16(14-18)21(23)26/h3-14,25H,2H2,1H3,(H2,23,26)(H,24,27). The van der Waals surface area contributed by atoms with Crippen LogP contribution in [-0.4, -0.2) is 26.8 Å². The molecule has 0 aliphatic heterocycles. The Labute approximate surface area is 180 Å². The number of rotatable bonds is 8. The number of hydrogen-bond donors (Lipinski definition) is 3. The highest BCUT2D eigenvalue weighted by molar-refractivity contribution is 7.92. The molecule has 4 N–H and O–H groups in total. The smallest absolute Gasteiger partial charge is 0.261 e. The lowest BCUT2D eigenvalue weighted by atomic mass is 10.1. The number of carbonyl (C=O) groups is 2. The van der Waals surface area contributed by atoms with Gasteiger partial charge in [0.2, 0.25) is 5.91 Å². The summed E-state index contributed by atoms with van der Waals surface area (Å²) in [7, 11) is -3.83. The number of nitrogens with two attached hydrogens (primary N) is 1. The van der Waals surface area contributed by atoms with Crippen LogP contribution in [-0.2, 0) is 10.0 Å². The van der Waals surface area contributed by atoms with Gasteiger partial charge in [0.15, 0.2) is 0 Å². The molecule has 31 heavy (non-hydrogen) atoms. The maximum atomic E-state index is 12.6. The molecule has 3 rings (SSSR count). The van der Waals surface area contributed by atoms with E-state index < -0.39 is 21.8 Å². The van der Waals surface area contributed by atoms with Crippen LogP contribution >= 0.6 is 0 Å². The Kier molecular flexibility index (Phi) is 6.56. The van der Waals surface area contributed by atoms with Crippen molar-refractivity contribution in [3.05, 3.63) is 83.9 Å². The van der Waals surface area contributed by atoms with E-state index in [0.29, 0.717) is 23.7 Å². The van der Waals surface area contributed by atoms with E-state index in [4.69, 9.17) is 10.5 Å². The van der Waals surface area contributed by atoms with Crippen LogP contribution in [0.5, 0.6) is 5.75 Å². The summed E-state index contributed by atoms with van der Waals surface area (Å²) in [5.41, 5.74) is 6.54. The minimum Gasteiger partial charge on any atom is -0.494 e. The molecule has 0 fully saturated rings. The van der Waals surface area contributed by atoms with Crippen molar-refractivity contribution in [3.8, 4) is 5.75 Å². The van der Waals surface area contributed by atoms with E-state index in [1.54, 1.807) is 36.4 Å². The fourth-order valence-corrected chi connectivity index (χ4v) is 3.80. The lowest BCUT2D eigenvalue weighted by Crippen LogP contribution is -2.15.